The van der Waals surface area contributed by atoms with Gasteiger partial charge in [-0.05, 0) is 63.0 Å². The van der Waals surface area contributed by atoms with E-state index in [-0.39, 0.29) is 18.4 Å². The van der Waals surface area contributed by atoms with E-state index in [0.29, 0.717) is 34.9 Å². The van der Waals surface area contributed by atoms with Crippen molar-refractivity contribution < 1.29 is 23.9 Å². The Labute approximate surface area is 257 Å². The van der Waals surface area contributed by atoms with Crippen molar-refractivity contribution in [1.29, 1.82) is 0 Å². The molecular formula is C31H42N4O5S2. The smallest absolute Gasteiger partial charge is 0.411 e. The molecule has 2 atom stereocenters. The van der Waals surface area contributed by atoms with Gasteiger partial charge in [0.15, 0.2) is 0 Å². The zero-order valence-electron chi connectivity index (χ0n) is 24.7. The van der Waals surface area contributed by atoms with Crippen LogP contribution in [0, 0.1) is 5.92 Å². The van der Waals surface area contributed by atoms with E-state index in [1.807, 2.05) is 36.4 Å². The first-order valence-electron chi connectivity index (χ1n) is 14.6. The van der Waals surface area contributed by atoms with Crippen LogP contribution < -0.4 is 15.4 Å². The number of hydrogen-bond donors (Lipinski definition) is 2. The number of nitrogens with one attached hydrogen (secondary N) is 2. The second-order valence-corrected chi connectivity index (χ2v) is 13.8. The molecule has 1 saturated heterocycles. The summed E-state index contributed by atoms with van der Waals surface area (Å²) in [5, 5.41) is 5.91. The van der Waals surface area contributed by atoms with Gasteiger partial charge >= 0.3 is 6.09 Å². The molecule has 1 aliphatic heterocycles. The highest BCUT2D eigenvalue weighted by Crippen LogP contribution is 2.27. The molecule has 2 heterocycles. The Balaban J connectivity index is 1.35. The number of amides is 3. The van der Waals surface area contributed by atoms with E-state index in [1.165, 1.54) is 48.8 Å². The van der Waals surface area contributed by atoms with Crippen LogP contribution in [0.3, 0.4) is 0 Å². The number of aromatic nitrogens is 1. The Morgan fingerprint density at radius 3 is 2.55 bits per heavy atom. The van der Waals surface area contributed by atoms with Gasteiger partial charge in [-0.3, -0.25) is 14.5 Å². The molecule has 2 aliphatic rings. The molecule has 2 aromatic rings. The third kappa shape index (κ3) is 10.1. The van der Waals surface area contributed by atoms with Crippen LogP contribution in [0.4, 0.5) is 4.79 Å². The molecule has 228 valence electrons. The second kappa shape index (κ2) is 15.5. The van der Waals surface area contributed by atoms with Gasteiger partial charge in [-0.25, -0.2) is 9.78 Å². The van der Waals surface area contributed by atoms with E-state index in [4.69, 9.17) is 9.47 Å². The van der Waals surface area contributed by atoms with Crippen molar-refractivity contribution >= 4 is 41.4 Å². The quantitative estimate of drug-likeness (QED) is 0.337. The van der Waals surface area contributed by atoms with Crippen molar-refractivity contribution in [1.82, 2.24) is 20.5 Å². The van der Waals surface area contributed by atoms with E-state index in [0.717, 1.165) is 11.3 Å². The molecule has 42 heavy (non-hydrogen) atoms. The molecule has 0 bridgehead atoms. The van der Waals surface area contributed by atoms with Crippen molar-refractivity contribution in [2.24, 2.45) is 5.92 Å². The topological polar surface area (TPSA) is 110 Å². The first kappa shape index (κ1) is 32.0. The molecule has 1 aromatic carbocycles. The summed E-state index contributed by atoms with van der Waals surface area (Å²) >= 11 is 3.20. The average Bonchev–Trinajstić information content (AvgIpc) is 3.47. The molecule has 0 radical (unpaired) electrons. The van der Waals surface area contributed by atoms with Crippen LogP contribution in [-0.2, 0) is 20.9 Å². The molecule has 0 spiro atoms. The predicted octanol–water partition coefficient (Wildman–Crippen LogP) is 5.60. The molecule has 1 saturated carbocycles. The predicted molar refractivity (Wildman–Crippen MR) is 168 cm³/mol. The molecule has 4 rings (SSSR count). The molecule has 2 N–H and O–H groups in total. The zero-order valence-corrected chi connectivity index (χ0v) is 26.3. The Kier molecular flexibility index (Phi) is 11.8. The SMILES string of the molecule is CC(C)(C)OC(=O)N1CSC[C@H]1C(=O)N[C@@H](CSCC1CCCCC1)C(=O)NCc1ccc(Oc2ccccc2)nc1. The number of benzene rings is 1. The summed E-state index contributed by atoms with van der Waals surface area (Å²) in [6.07, 6.45) is 7.40. The van der Waals surface area contributed by atoms with Gasteiger partial charge in [-0.15, -0.1) is 11.8 Å². The highest BCUT2D eigenvalue weighted by molar-refractivity contribution is 7.99. The number of pyridine rings is 1. The average molecular weight is 615 g/mol. The lowest BCUT2D eigenvalue weighted by Gasteiger charge is -2.28. The number of ether oxygens (including phenoxy) is 2. The van der Waals surface area contributed by atoms with Crippen LogP contribution in [0.25, 0.3) is 0 Å². The molecule has 2 fully saturated rings. The Hall–Kier alpha value is -2.92. The Morgan fingerprint density at radius 1 is 1.10 bits per heavy atom. The Morgan fingerprint density at radius 2 is 1.86 bits per heavy atom. The van der Waals surface area contributed by atoms with Crippen LogP contribution in [0.15, 0.2) is 48.7 Å². The molecule has 1 aromatic heterocycles. The number of carbonyl (C=O) groups excluding carboxylic acids is 3. The van der Waals surface area contributed by atoms with Crippen molar-refractivity contribution in [3.05, 3.63) is 54.2 Å². The largest absolute Gasteiger partial charge is 0.444 e. The van der Waals surface area contributed by atoms with Crippen LogP contribution in [-0.4, -0.2) is 68.6 Å². The summed E-state index contributed by atoms with van der Waals surface area (Å²) in [5.41, 5.74) is 0.150. The molecule has 0 unspecified atom stereocenters. The molecule has 3 amide bonds. The van der Waals surface area contributed by atoms with Crippen molar-refractivity contribution in [3.63, 3.8) is 0 Å². The van der Waals surface area contributed by atoms with E-state index in [9.17, 15) is 14.4 Å². The number of rotatable bonds is 11. The van der Waals surface area contributed by atoms with E-state index >= 15 is 0 Å². The van der Waals surface area contributed by atoms with Crippen LogP contribution in [0.5, 0.6) is 11.6 Å². The maximum atomic E-state index is 13.4. The van der Waals surface area contributed by atoms with Gasteiger partial charge in [0, 0.05) is 30.3 Å². The summed E-state index contributed by atoms with van der Waals surface area (Å²) in [5.74, 6) is 3.46. The molecule has 11 heteroatoms. The lowest BCUT2D eigenvalue weighted by Crippen LogP contribution is -2.55. The van der Waals surface area contributed by atoms with Gasteiger partial charge in [0.1, 0.15) is 23.4 Å². The van der Waals surface area contributed by atoms with Gasteiger partial charge in [0.2, 0.25) is 17.7 Å². The number of carbonyl (C=O) groups is 3. The van der Waals surface area contributed by atoms with Crippen LogP contribution in [0.1, 0.15) is 58.4 Å². The number of thioether (sulfide) groups is 2. The highest BCUT2D eigenvalue weighted by atomic mass is 32.2. The van der Waals surface area contributed by atoms with E-state index in [1.54, 1.807) is 44.8 Å². The highest BCUT2D eigenvalue weighted by Gasteiger charge is 2.38. The van der Waals surface area contributed by atoms with Gasteiger partial charge in [0.05, 0.1) is 5.88 Å². The fourth-order valence-corrected chi connectivity index (χ4v) is 7.23. The van der Waals surface area contributed by atoms with Gasteiger partial charge in [0.25, 0.3) is 0 Å². The first-order valence-corrected chi connectivity index (χ1v) is 16.9. The minimum absolute atomic E-state index is 0.264. The summed E-state index contributed by atoms with van der Waals surface area (Å²) in [6, 6.07) is 11.6. The maximum Gasteiger partial charge on any atom is 0.411 e. The standard InChI is InChI=1S/C31H42N4O5S2/c1-31(2,3)40-30(38)35-21-42-20-26(35)29(37)34-25(19-41-18-22-10-6-4-7-11-22)28(36)33-17-23-14-15-27(32-16-23)39-24-12-8-5-9-13-24/h5,8-9,12-16,22,25-26H,4,6-7,10-11,17-21H2,1-3H3,(H,33,36)(H,34,37)/t25-,26-/m0/s1. The van der Waals surface area contributed by atoms with Gasteiger partial charge < -0.3 is 20.1 Å². The summed E-state index contributed by atoms with van der Waals surface area (Å²) in [7, 11) is 0. The lowest BCUT2D eigenvalue weighted by atomic mass is 9.91. The van der Waals surface area contributed by atoms with E-state index < -0.39 is 23.8 Å². The number of hydrogen-bond acceptors (Lipinski definition) is 8. The third-order valence-electron chi connectivity index (χ3n) is 7.04. The second-order valence-electron chi connectivity index (χ2n) is 11.7. The molecule has 1 aliphatic carbocycles. The van der Waals surface area contributed by atoms with Crippen molar-refractivity contribution in [2.45, 2.75) is 77.1 Å². The molecular weight excluding hydrogens is 572 g/mol. The van der Waals surface area contributed by atoms with Crippen LogP contribution >= 0.6 is 23.5 Å². The third-order valence-corrected chi connectivity index (χ3v) is 9.33. The normalized spacial score (nSPS) is 18.3. The van der Waals surface area contributed by atoms with Gasteiger partial charge in [-0.1, -0.05) is 43.5 Å². The summed E-state index contributed by atoms with van der Waals surface area (Å²) in [4.78, 5) is 45.3. The lowest BCUT2D eigenvalue weighted by molar-refractivity contribution is -0.130. The summed E-state index contributed by atoms with van der Waals surface area (Å²) < 4.78 is 11.3. The first-order chi connectivity index (χ1) is 20.2. The van der Waals surface area contributed by atoms with Gasteiger partial charge in [-0.2, -0.15) is 11.8 Å². The number of para-hydroxylation sites is 1. The Bertz CT molecular complexity index is 1170. The van der Waals surface area contributed by atoms with Crippen LogP contribution in [0.2, 0.25) is 0 Å². The van der Waals surface area contributed by atoms with Crippen molar-refractivity contribution in [3.8, 4) is 11.6 Å². The maximum absolute atomic E-state index is 13.4. The monoisotopic (exact) mass is 614 g/mol. The minimum atomic E-state index is -0.731. The van der Waals surface area contributed by atoms with E-state index in [2.05, 4.69) is 15.6 Å². The van der Waals surface area contributed by atoms with Crippen molar-refractivity contribution in [2.75, 3.05) is 23.1 Å². The minimum Gasteiger partial charge on any atom is -0.444 e. The number of nitrogens with zero attached hydrogens (tertiary/aromatic N) is 2. The molecule has 9 nitrogen and oxygen atoms in total. The fraction of sp³-hybridized carbons (Fsp3) is 0.548. The fourth-order valence-electron chi connectivity index (χ4n) is 4.82. The zero-order chi connectivity index (χ0) is 30.0. The summed E-state index contributed by atoms with van der Waals surface area (Å²) in [6.45, 7) is 5.66.